The smallest absolute Gasteiger partial charge is 0.239 e. The van der Waals surface area contributed by atoms with Crippen LogP contribution in [0.25, 0.3) is 17.2 Å². The van der Waals surface area contributed by atoms with E-state index >= 15 is 0 Å². The maximum Gasteiger partial charge on any atom is 0.239 e. The van der Waals surface area contributed by atoms with Gasteiger partial charge in [0.1, 0.15) is 28.7 Å². The highest BCUT2D eigenvalue weighted by Crippen LogP contribution is 2.38. The second kappa shape index (κ2) is 10.2. The van der Waals surface area contributed by atoms with Crippen LogP contribution in [-0.4, -0.2) is 54.0 Å². The van der Waals surface area contributed by atoms with Gasteiger partial charge in [0.2, 0.25) is 5.95 Å². The Kier molecular flexibility index (Phi) is 6.82. The van der Waals surface area contributed by atoms with E-state index in [1.54, 1.807) is 26.2 Å². The quantitative estimate of drug-likeness (QED) is 0.330. The van der Waals surface area contributed by atoms with E-state index in [2.05, 4.69) is 44.8 Å². The van der Waals surface area contributed by atoms with Crippen LogP contribution in [0, 0.1) is 6.92 Å². The van der Waals surface area contributed by atoms with Gasteiger partial charge in [-0.3, -0.25) is 14.0 Å². The lowest BCUT2D eigenvalue weighted by atomic mass is 10.1. The van der Waals surface area contributed by atoms with Crippen molar-refractivity contribution in [3.8, 4) is 28.7 Å². The van der Waals surface area contributed by atoms with Gasteiger partial charge < -0.3 is 9.47 Å². The molecule has 188 valence electrons. The van der Waals surface area contributed by atoms with Gasteiger partial charge in [0.15, 0.2) is 5.82 Å². The van der Waals surface area contributed by atoms with Crippen molar-refractivity contribution >= 4 is 17.9 Å². The van der Waals surface area contributed by atoms with E-state index in [-0.39, 0.29) is 11.2 Å². The highest BCUT2D eigenvalue weighted by Gasteiger charge is 2.26. The van der Waals surface area contributed by atoms with E-state index < -0.39 is 0 Å². The van der Waals surface area contributed by atoms with Crippen LogP contribution in [0.5, 0.6) is 11.5 Å². The van der Waals surface area contributed by atoms with Gasteiger partial charge in [0.25, 0.3) is 0 Å². The van der Waals surface area contributed by atoms with Crippen molar-refractivity contribution in [3.63, 3.8) is 0 Å². The zero-order chi connectivity index (χ0) is 25.2. The molecule has 1 aliphatic rings. The van der Waals surface area contributed by atoms with Gasteiger partial charge in [-0.05, 0) is 55.5 Å². The summed E-state index contributed by atoms with van der Waals surface area (Å²) in [5.74, 6) is 3.38. The molecule has 0 bridgehead atoms. The predicted molar refractivity (Wildman–Crippen MR) is 140 cm³/mol. The van der Waals surface area contributed by atoms with E-state index in [9.17, 15) is 0 Å². The molecule has 5 rings (SSSR count). The first-order chi connectivity index (χ1) is 17.5. The number of para-hydroxylation sites is 1. The lowest BCUT2D eigenvalue weighted by Gasteiger charge is -2.20. The second-order valence-corrected chi connectivity index (χ2v) is 10.1. The molecule has 1 N–H and O–H groups in total. The Bertz CT molecular complexity index is 1310. The van der Waals surface area contributed by atoms with Crippen LogP contribution < -0.4 is 14.2 Å². The standard InChI is InChI=1S/C25H30N8O2S/c1-15-13-26-23(27-14-15)16(2)17(3)36-31-25-29-28-24(19-12-18-8-7-11-32(18)30-19)33(25)22-20(34-4)9-6-10-21(22)35-5/h6,9-10,12-14,16-17H,7-8,11H2,1-5H3,(H,29,31). The number of aromatic nitrogens is 7. The van der Waals surface area contributed by atoms with Crippen molar-refractivity contribution in [2.45, 2.75) is 51.3 Å². The minimum absolute atomic E-state index is 0.121. The number of fused-ring (bicyclic) bond motifs is 1. The van der Waals surface area contributed by atoms with Gasteiger partial charge in [-0.15, -0.1) is 10.2 Å². The number of methoxy groups -OCH3 is 2. The molecule has 0 amide bonds. The number of aryl methyl sites for hydroxylation is 3. The molecule has 0 spiro atoms. The van der Waals surface area contributed by atoms with Crippen LogP contribution in [-0.2, 0) is 13.0 Å². The molecule has 1 aromatic carbocycles. The third-order valence-corrected chi connectivity index (χ3v) is 7.51. The first-order valence-corrected chi connectivity index (χ1v) is 12.8. The summed E-state index contributed by atoms with van der Waals surface area (Å²) in [5.41, 5.74) is 3.72. The highest BCUT2D eigenvalue weighted by atomic mass is 32.2. The van der Waals surface area contributed by atoms with Gasteiger partial charge in [0.05, 0.1) is 14.2 Å². The third-order valence-electron chi connectivity index (χ3n) is 6.43. The number of nitrogens with one attached hydrogen (secondary N) is 1. The zero-order valence-corrected chi connectivity index (χ0v) is 21.9. The molecule has 0 saturated carbocycles. The van der Waals surface area contributed by atoms with E-state index in [0.29, 0.717) is 29.0 Å². The zero-order valence-electron chi connectivity index (χ0n) is 21.1. The van der Waals surface area contributed by atoms with Gasteiger partial charge in [0, 0.05) is 35.8 Å². The monoisotopic (exact) mass is 506 g/mol. The predicted octanol–water partition coefficient (Wildman–Crippen LogP) is 4.44. The molecule has 0 aliphatic carbocycles. The summed E-state index contributed by atoms with van der Waals surface area (Å²) in [7, 11) is 3.28. The van der Waals surface area contributed by atoms with E-state index in [4.69, 9.17) is 14.6 Å². The van der Waals surface area contributed by atoms with Crippen LogP contribution in [0.2, 0.25) is 0 Å². The largest absolute Gasteiger partial charge is 0.494 e. The Morgan fingerprint density at radius 2 is 1.78 bits per heavy atom. The van der Waals surface area contributed by atoms with Gasteiger partial charge >= 0.3 is 0 Å². The van der Waals surface area contributed by atoms with Crippen molar-refractivity contribution in [2.75, 3.05) is 18.9 Å². The first kappa shape index (κ1) is 24.1. The molecule has 3 aromatic heterocycles. The van der Waals surface area contributed by atoms with Crippen LogP contribution in [0.3, 0.4) is 0 Å². The Labute approximate surface area is 214 Å². The molecule has 10 nitrogen and oxygen atoms in total. The number of hydrogen-bond acceptors (Lipinski definition) is 9. The molecule has 0 saturated heterocycles. The molecule has 1 aliphatic heterocycles. The highest BCUT2D eigenvalue weighted by molar-refractivity contribution is 8.01. The third kappa shape index (κ3) is 4.50. The summed E-state index contributed by atoms with van der Waals surface area (Å²) in [5, 5.41) is 14.0. The summed E-state index contributed by atoms with van der Waals surface area (Å²) < 4.78 is 18.8. The van der Waals surface area contributed by atoms with E-state index in [1.165, 1.54) is 5.69 Å². The molecule has 0 radical (unpaired) electrons. The Hall–Kier alpha value is -3.60. The maximum atomic E-state index is 5.72. The average Bonchev–Trinajstić information content (AvgIpc) is 3.61. The van der Waals surface area contributed by atoms with Crippen molar-refractivity contribution in [3.05, 3.63) is 53.7 Å². The van der Waals surface area contributed by atoms with Crippen molar-refractivity contribution < 1.29 is 9.47 Å². The van der Waals surface area contributed by atoms with E-state index in [1.807, 2.05) is 46.8 Å². The van der Waals surface area contributed by atoms with Gasteiger partial charge in [-0.1, -0.05) is 19.9 Å². The van der Waals surface area contributed by atoms with Gasteiger partial charge in [-0.2, -0.15) is 5.10 Å². The minimum Gasteiger partial charge on any atom is -0.494 e. The SMILES string of the molecule is COc1cccc(OC)c1-n1c(NSC(C)C(C)c2ncc(C)cn2)nnc1-c1cc2n(n1)CCC2. The minimum atomic E-state index is 0.121. The molecule has 2 atom stereocenters. The lowest BCUT2D eigenvalue weighted by Crippen LogP contribution is -2.15. The van der Waals surface area contributed by atoms with Crippen LogP contribution in [0.15, 0.2) is 36.7 Å². The Morgan fingerprint density at radius 3 is 2.44 bits per heavy atom. The fraction of sp³-hybridized carbons (Fsp3) is 0.400. The average molecular weight is 507 g/mol. The van der Waals surface area contributed by atoms with Crippen molar-refractivity contribution in [1.82, 2.24) is 34.5 Å². The summed E-state index contributed by atoms with van der Waals surface area (Å²) in [6, 6.07) is 7.77. The molecule has 36 heavy (non-hydrogen) atoms. The number of hydrogen-bond donors (Lipinski definition) is 1. The number of anilines is 1. The first-order valence-electron chi connectivity index (χ1n) is 11.9. The van der Waals surface area contributed by atoms with Crippen LogP contribution in [0.1, 0.15) is 43.3 Å². The van der Waals surface area contributed by atoms with Gasteiger partial charge in [-0.25, -0.2) is 9.97 Å². The summed E-state index contributed by atoms with van der Waals surface area (Å²) >= 11 is 1.54. The van der Waals surface area contributed by atoms with Crippen LogP contribution >= 0.6 is 11.9 Å². The molecule has 0 fully saturated rings. The van der Waals surface area contributed by atoms with Crippen molar-refractivity contribution in [1.29, 1.82) is 0 Å². The molecule has 2 unspecified atom stereocenters. The van der Waals surface area contributed by atoms with E-state index in [0.717, 1.165) is 36.5 Å². The number of ether oxygens (including phenoxy) is 2. The Morgan fingerprint density at radius 1 is 1.06 bits per heavy atom. The normalized spacial score (nSPS) is 14.4. The summed E-state index contributed by atoms with van der Waals surface area (Å²) in [6.45, 7) is 7.16. The molecular formula is C25H30N8O2S. The maximum absolute atomic E-state index is 5.72. The fourth-order valence-corrected chi connectivity index (χ4v) is 4.99. The second-order valence-electron chi connectivity index (χ2n) is 8.87. The summed E-state index contributed by atoms with van der Waals surface area (Å²) in [4.78, 5) is 9.01. The molecule has 4 aromatic rings. The van der Waals surface area contributed by atoms with Crippen molar-refractivity contribution in [2.24, 2.45) is 0 Å². The lowest BCUT2D eigenvalue weighted by molar-refractivity contribution is 0.391. The summed E-state index contributed by atoms with van der Waals surface area (Å²) in [6.07, 6.45) is 5.82. The fourth-order valence-electron chi connectivity index (χ4n) is 4.24. The molecular weight excluding hydrogens is 476 g/mol. The molecule has 11 heteroatoms. The Balaban J connectivity index is 1.51. The molecule has 4 heterocycles. The topological polar surface area (TPSA) is 105 Å². The number of benzene rings is 1. The van der Waals surface area contributed by atoms with Crippen LogP contribution in [0.4, 0.5) is 5.95 Å². The number of rotatable bonds is 9. The number of nitrogens with zero attached hydrogens (tertiary/aromatic N) is 7.